The molecule has 1 fully saturated rings. The highest BCUT2D eigenvalue weighted by atomic mass is 35.5. The Labute approximate surface area is 172 Å². The van der Waals surface area contributed by atoms with Crippen molar-refractivity contribution in [2.75, 3.05) is 26.2 Å². The summed E-state index contributed by atoms with van der Waals surface area (Å²) in [4.78, 5) is 14.4. The van der Waals surface area contributed by atoms with Crippen molar-refractivity contribution >= 4 is 50.1 Å². The van der Waals surface area contributed by atoms with Gasteiger partial charge in [-0.2, -0.15) is 4.31 Å². The lowest BCUT2D eigenvalue weighted by Crippen LogP contribution is -2.50. The lowest BCUT2D eigenvalue weighted by Gasteiger charge is -2.33. The number of halogens is 2. The van der Waals surface area contributed by atoms with E-state index in [1.165, 1.54) is 22.5 Å². The summed E-state index contributed by atoms with van der Waals surface area (Å²) in [6, 6.07) is 13.3. The standard InChI is InChI=1S/C19H16Cl2N2O4S/c20-15-6-5-14(12-16(15)21)28(25,26)23-9-7-22(8-10-23)19(24)18-11-13-3-1-2-4-17(13)27-18/h1-6,11-12H,7-10H2. The number of piperazine rings is 1. The van der Waals surface area contributed by atoms with E-state index >= 15 is 0 Å². The normalized spacial score (nSPS) is 15.9. The third-order valence-corrected chi connectivity index (χ3v) is 7.32. The average molecular weight is 439 g/mol. The predicted molar refractivity (Wildman–Crippen MR) is 107 cm³/mol. The van der Waals surface area contributed by atoms with Gasteiger partial charge in [0.1, 0.15) is 5.58 Å². The first-order valence-electron chi connectivity index (χ1n) is 8.59. The van der Waals surface area contributed by atoms with Crippen molar-refractivity contribution in [1.29, 1.82) is 0 Å². The molecular weight excluding hydrogens is 423 g/mol. The number of rotatable bonds is 3. The Morgan fingerprint density at radius 1 is 0.929 bits per heavy atom. The second kappa shape index (κ2) is 7.40. The fraction of sp³-hybridized carbons (Fsp3) is 0.211. The van der Waals surface area contributed by atoms with Gasteiger partial charge < -0.3 is 9.32 Å². The molecule has 0 N–H and O–H groups in total. The molecule has 0 saturated carbocycles. The van der Waals surface area contributed by atoms with Gasteiger partial charge in [-0.1, -0.05) is 41.4 Å². The first kappa shape index (κ1) is 19.3. The van der Waals surface area contributed by atoms with Gasteiger partial charge in [0.25, 0.3) is 5.91 Å². The number of para-hydroxylation sites is 1. The Morgan fingerprint density at radius 3 is 2.32 bits per heavy atom. The van der Waals surface area contributed by atoms with Crippen LogP contribution in [0.5, 0.6) is 0 Å². The van der Waals surface area contributed by atoms with Crippen LogP contribution in [0.1, 0.15) is 10.6 Å². The fourth-order valence-corrected chi connectivity index (χ4v) is 4.97. The van der Waals surface area contributed by atoms with E-state index in [-0.39, 0.29) is 47.8 Å². The zero-order valence-electron chi connectivity index (χ0n) is 14.6. The molecule has 0 radical (unpaired) electrons. The van der Waals surface area contributed by atoms with Crippen LogP contribution in [0.3, 0.4) is 0 Å². The summed E-state index contributed by atoms with van der Waals surface area (Å²) in [7, 11) is -3.71. The van der Waals surface area contributed by atoms with E-state index < -0.39 is 10.0 Å². The maximum Gasteiger partial charge on any atom is 0.289 e. The van der Waals surface area contributed by atoms with Gasteiger partial charge >= 0.3 is 0 Å². The number of nitrogens with zero attached hydrogens (tertiary/aromatic N) is 2. The first-order valence-corrected chi connectivity index (χ1v) is 10.8. The van der Waals surface area contributed by atoms with Crippen molar-refractivity contribution < 1.29 is 17.6 Å². The van der Waals surface area contributed by atoms with Crippen LogP contribution in [0.15, 0.2) is 57.8 Å². The van der Waals surface area contributed by atoms with Crippen LogP contribution in [0.2, 0.25) is 10.0 Å². The topological polar surface area (TPSA) is 70.8 Å². The summed E-state index contributed by atoms with van der Waals surface area (Å²) >= 11 is 11.8. The minimum absolute atomic E-state index is 0.0824. The lowest BCUT2D eigenvalue weighted by molar-refractivity contribution is 0.0668. The third kappa shape index (κ3) is 3.51. The molecule has 1 saturated heterocycles. The molecule has 1 aliphatic heterocycles. The lowest BCUT2D eigenvalue weighted by atomic mass is 10.2. The van der Waals surface area contributed by atoms with Crippen LogP contribution < -0.4 is 0 Å². The molecule has 28 heavy (non-hydrogen) atoms. The number of sulfonamides is 1. The number of amides is 1. The van der Waals surface area contributed by atoms with Crippen LogP contribution in [0, 0.1) is 0 Å². The summed E-state index contributed by atoms with van der Waals surface area (Å²) in [5.41, 5.74) is 0.645. The van der Waals surface area contributed by atoms with E-state index in [1.54, 1.807) is 17.0 Å². The third-order valence-electron chi connectivity index (χ3n) is 4.69. The molecule has 0 atom stereocenters. The number of hydrogen-bond acceptors (Lipinski definition) is 4. The molecule has 6 nitrogen and oxygen atoms in total. The Balaban J connectivity index is 1.47. The Bertz CT molecular complexity index is 1120. The summed E-state index contributed by atoms with van der Waals surface area (Å²) in [5, 5.41) is 1.33. The maximum atomic E-state index is 12.8. The Kier molecular flexibility index (Phi) is 5.09. The second-order valence-corrected chi connectivity index (χ2v) is 9.17. The minimum atomic E-state index is -3.71. The van der Waals surface area contributed by atoms with Gasteiger partial charge in [0.05, 0.1) is 14.9 Å². The molecule has 146 valence electrons. The van der Waals surface area contributed by atoms with E-state index in [0.29, 0.717) is 10.6 Å². The van der Waals surface area contributed by atoms with Crippen LogP contribution in [0.25, 0.3) is 11.0 Å². The van der Waals surface area contributed by atoms with Crippen molar-refractivity contribution in [3.8, 4) is 0 Å². The van der Waals surface area contributed by atoms with E-state index in [2.05, 4.69) is 0 Å². The quantitative estimate of drug-likeness (QED) is 0.621. The number of carbonyl (C=O) groups is 1. The number of carbonyl (C=O) groups excluding carboxylic acids is 1. The maximum absolute atomic E-state index is 12.8. The van der Waals surface area contributed by atoms with Crippen molar-refractivity contribution in [3.05, 3.63) is 64.3 Å². The van der Waals surface area contributed by atoms with Crippen molar-refractivity contribution in [2.45, 2.75) is 4.90 Å². The smallest absolute Gasteiger partial charge is 0.289 e. The van der Waals surface area contributed by atoms with Crippen molar-refractivity contribution in [2.24, 2.45) is 0 Å². The highest BCUT2D eigenvalue weighted by molar-refractivity contribution is 7.89. The van der Waals surface area contributed by atoms with Gasteiger partial charge in [0.15, 0.2) is 5.76 Å². The van der Waals surface area contributed by atoms with Gasteiger partial charge in [0, 0.05) is 31.6 Å². The molecule has 1 aromatic heterocycles. The number of benzene rings is 2. The molecule has 9 heteroatoms. The van der Waals surface area contributed by atoms with Crippen LogP contribution >= 0.6 is 23.2 Å². The Morgan fingerprint density at radius 2 is 1.64 bits per heavy atom. The van der Waals surface area contributed by atoms with Crippen molar-refractivity contribution in [1.82, 2.24) is 9.21 Å². The molecule has 0 aliphatic carbocycles. The number of furan rings is 1. The number of fused-ring (bicyclic) bond motifs is 1. The van der Waals surface area contributed by atoms with Crippen molar-refractivity contribution in [3.63, 3.8) is 0 Å². The SMILES string of the molecule is O=C(c1cc2ccccc2o1)N1CCN(S(=O)(=O)c2ccc(Cl)c(Cl)c2)CC1. The van der Waals surface area contributed by atoms with E-state index in [1.807, 2.05) is 18.2 Å². The fourth-order valence-electron chi connectivity index (χ4n) is 3.16. The highest BCUT2D eigenvalue weighted by Gasteiger charge is 2.31. The second-order valence-electron chi connectivity index (χ2n) is 6.42. The largest absolute Gasteiger partial charge is 0.451 e. The molecule has 2 heterocycles. The van der Waals surface area contributed by atoms with Gasteiger partial charge in [-0.15, -0.1) is 0 Å². The summed E-state index contributed by atoms with van der Waals surface area (Å²) in [6.45, 7) is 0.927. The highest BCUT2D eigenvalue weighted by Crippen LogP contribution is 2.27. The molecule has 1 amide bonds. The molecule has 1 aliphatic rings. The first-order chi connectivity index (χ1) is 13.4. The molecule has 3 aromatic rings. The van der Waals surface area contributed by atoms with E-state index in [4.69, 9.17) is 27.6 Å². The van der Waals surface area contributed by atoms with Crippen LogP contribution in [-0.2, 0) is 10.0 Å². The average Bonchev–Trinajstić information content (AvgIpc) is 3.13. The van der Waals surface area contributed by atoms with Gasteiger partial charge in [-0.3, -0.25) is 4.79 Å². The van der Waals surface area contributed by atoms with E-state index in [0.717, 1.165) is 5.39 Å². The monoisotopic (exact) mass is 438 g/mol. The van der Waals surface area contributed by atoms with Gasteiger partial charge in [0.2, 0.25) is 10.0 Å². The molecule has 2 aromatic carbocycles. The van der Waals surface area contributed by atoms with Gasteiger partial charge in [-0.25, -0.2) is 8.42 Å². The Hall–Kier alpha value is -2.06. The molecule has 0 unspecified atom stereocenters. The molecule has 0 bridgehead atoms. The van der Waals surface area contributed by atoms with Gasteiger partial charge in [-0.05, 0) is 30.3 Å². The van der Waals surface area contributed by atoms with Crippen LogP contribution in [0.4, 0.5) is 0 Å². The zero-order valence-corrected chi connectivity index (χ0v) is 17.0. The molecule has 4 rings (SSSR count). The number of hydrogen-bond donors (Lipinski definition) is 0. The molecular formula is C19H16Cl2N2O4S. The molecule has 0 spiro atoms. The van der Waals surface area contributed by atoms with Crippen LogP contribution in [-0.4, -0.2) is 49.7 Å². The van der Waals surface area contributed by atoms with E-state index in [9.17, 15) is 13.2 Å². The predicted octanol–water partition coefficient (Wildman–Crippen LogP) is 3.89. The minimum Gasteiger partial charge on any atom is -0.451 e. The summed E-state index contributed by atoms with van der Waals surface area (Å²) in [5.74, 6) is 0.00442. The zero-order chi connectivity index (χ0) is 19.9. The summed E-state index contributed by atoms with van der Waals surface area (Å²) < 4.78 is 32.6. The summed E-state index contributed by atoms with van der Waals surface area (Å²) in [6.07, 6.45) is 0.